The van der Waals surface area contributed by atoms with Crippen LogP contribution in [0.3, 0.4) is 0 Å². The molecule has 3 aromatic rings. The summed E-state index contributed by atoms with van der Waals surface area (Å²) in [4.78, 5) is 0. The fraction of sp³-hybridized carbons (Fsp3) is 0.680. The van der Waals surface area contributed by atoms with Gasteiger partial charge in [-0.2, -0.15) is 0 Å². The van der Waals surface area contributed by atoms with E-state index < -0.39 is 14.7 Å². The molecule has 12 fully saturated rings. The third-order valence-electron chi connectivity index (χ3n) is 21.9. The second kappa shape index (κ2) is 10.1. The first-order valence-electron chi connectivity index (χ1n) is 23.0. The summed E-state index contributed by atoms with van der Waals surface area (Å²) in [6.45, 7) is 8.01. The van der Waals surface area contributed by atoms with Crippen LogP contribution in [0.1, 0.15) is 148 Å². The molecule has 1 nitrogen and oxygen atoms in total. The van der Waals surface area contributed by atoms with Crippen molar-refractivity contribution in [1.29, 1.82) is 0 Å². The van der Waals surface area contributed by atoms with E-state index in [0.717, 1.165) is 53.3 Å². The number of para-hydroxylation sites is 2. The SMILES string of the molecule is CC1=C(C)[C](C)([Hf]([Cl])([Cl])([C]23CC4CC(CC(C4)C2)C3)([C]23CC4CC(CC(C4)C2)C3)[C]23CC4CC(CC(C4)C2)C3)c2c1n(-c1ccccc1)c1ccccc21. The number of benzene rings is 2. The van der Waals surface area contributed by atoms with Crippen molar-refractivity contribution in [1.82, 2.24) is 4.57 Å². The molecule has 1 unspecified atom stereocenters. The molecule has 0 saturated heterocycles. The van der Waals surface area contributed by atoms with Crippen LogP contribution in [0, 0.1) is 53.3 Å². The molecule has 1 aromatic heterocycles. The molecule has 12 bridgehead atoms. The second-order valence-corrected chi connectivity index (χ2v) is 66.9. The van der Waals surface area contributed by atoms with Gasteiger partial charge in [0, 0.05) is 0 Å². The van der Waals surface area contributed by atoms with Crippen LogP contribution < -0.4 is 0 Å². The van der Waals surface area contributed by atoms with Gasteiger partial charge in [-0.3, -0.25) is 0 Å². The number of fused-ring (bicyclic) bond motifs is 3. The Morgan fingerprint density at radius 2 is 0.870 bits per heavy atom. The fourth-order valence-electron chi connectivity index (χ4n) is 22.1. The summed E-state index contributed by atoms with van der Waals surface area (Å²) >= 11 is -6.51. The summed E-state index contributed by atoms with van der Waals surface area (Å²) < 4.78 is 2.64. The van der Waals surface area contributed by atoms with Gasteiger partial charge >= 0.3 is 332 Å². The van der Waals surface area contributed by atoms with Crippen LogP contribution in [-0.4, -0.2) is 4.57 Å². The van der Waals surface area contributed by atoms with Crippen LogP contribution >= 0.6 is 17.2 Å². The first-order valence-corrected chi connectivity index (χ1v) is 39.1. The molecular formula is C50H63Cl2HfN. The van der Waals surface area contributed by atoms with E-state index in [2.05, 4.69) is 79.9 Å². The van der Waals surface area contributed by atoms with Gasteiger partial charge in [-0.05, 0) is 0 Å². The zero-order chi connectivity index (χ0) is 36.3. The average Bonchev–Trinajstić information content (AvgIpc) is 3.57. The van der Waals surface area contributed by atoms with E-state index in [0.29, 0.717) is 0 Å². The fourth-order valence-corrected chi connectivity index (χ4v) is 91.7. The van der Waals surface area contributed by atoms with Crippen LogP contribution in [-0.2, 0) is 17.8 Å². The quantitative estimate of drug-likeness (QED) is 0.225. The van der Waals surface area contributed by atoms with Crippen LogP contribution in [0.2, 0.25) is 9.51 Å². The summed E-state index contributed by atoms with van der Waals surface area (Å²) in [5.74, 6) is 7.52. The molecule has 12 saturated carbocycles. The van der Waals surface area contributed by atoms with E-state index >= 15 is 0 Å². The Kier molecular flexibility index (Phi) is 6.39. The van der Waals surface area contributed by atoms with E-state index in [9.17, 15) is 17.2 Å². The van der Waals surface area contributed by atoms with Crippen molar-refractivity contribution in [3.05, 3.63) is 71.4 Å². The molecule has 13 aliphatic rings. The summed E-state index contributed by atoms with van der Waals surface area (Å²) in [6.07, 6.45) is 25.5. The number of hydrogen-bond donors (Lipinski definition) is 0. The minimum atomic E-state index is -6.51. The minimum absolute atomic E-state index is 0.0956. The van der Waals surface area contributed by atoms with E-state index in [4.69, 9.17) is 0 Å². The average molecular weight is 927 g/mol. The van der Waals surface area contributed by atoms with Gasteiger partial charge in [-0.25, -0.2) is 0 Å². The van der Waals surface area contributed by atoms with Gasteiger partial charge in [0.2, 0.25) is 0 Å². The van der Waals surface area contributed by atoms with E-state index in [1.165, 1.54) is 143 Å². The van der Waals surface area contributed by atoms with Crippen molar-refractivity contribution in [2.24, 2.45) is 53.3 Å². The van der Waals surface area contributed by atoms with Crippen molar-refractivity contribution in [2.75, 3.05) is 0 Å². The molecule has 0 amide bonds. The van der Waals surface area contributed by atoms with Gasteiger partial charge in [-0.15, -0.1) is 0 Å². The van der Waals surface area contributed by atoms with Gasteiger partial charge < -0.3 is 0 Å². The monoisotopic (exact) mass is 927 g/mol. The molecule has 4 heteroatoms. The second-order valence-electron chi connectivity index (χ2n) is 23.5. The molecule has 0 aliphatic heterocycles. The summed E-state index contributed by atoms with van der Waals surface area (Å²) in [6, 6.07) is 21.0. The molecule has 0 spiro atoms. The summed E-state index contributed by atoms with van der Waals surface area (Å²) in [7, 11) is 21.7. The molecule has 0 radical (unpaired) electrons. The molecule has 286 valence electrons. The predicted molar refractivity (Wildman–Crippen MR) is 223 cm³/mol. The van der Waals surface area contributed by atoms with Crippen molar-refractivity contribution in [3.63, 3.8) is 0 Å². The Hall–Kier alpha value is -0.830. The number of halogens is 2. The Labute approximate surface area is 329 Å². The zero-order valence-electron chi connectivity index (χ0n) is 33.3. The first kappa shape index (κ1) is 34.1. The van der Waals surface area contributed by atoms with Crippen molar-refractivity contribution in [3.8, 4) is 5.69 Å². The standard InChI is InChI=1S/C20H18N.3C10H15.2ClH.Hf/c1-13-14(2)19-17-11-7-8-12-18(17)21(20(19)15(13)3)16-9-5-4-6-10-16;3*1-7-2-9-4-8(1)5-10(3-7)6-9;;;/h4-12H,1-3H3;3*7-9H,1-6H2;2*1H;/q;;;;;;+2/p-2. The topological polar surface area (TPSA) is 4.93 Å². The zero-order valence-corrected chi connectivity index (χ0v) is 38.4. The molecule has 1 atom stereocenters. The molecule has 16 rings (SSSR count). The predicted octanol–water partition coefficient (Wildman–Crippen LogP) is 15.4. The maximum atomic E-state index is 10.8. The molecular weight excluding hydrogens is 864 g/mol. The molecule has 13 aliphatic carbocycles. The van der Waals surface area contributed by atoms with Crippen LogP contribution in [0.25, 0.3) is 22.2 Å². The summed E-state index contributed by atoms with van der Waals surface area (Å²) in [5.41, 5.74) is 8.88. The van der Waals surface area contributed by atoms with E-state index in [-0.39, 0.29) is 12.7 Å². The normalized spacial score (nSPS) is 47.8. The Bertz CT molecular complexity index is 1980. The van der Waals surface area contributed by atoms with Crippen molar-refractivity contribution in [2.45, 2.75) is 149 Å². The molecule has 0 N–H and O–H groups in total. The Balaban J connectivity index is 1.25. The van der Waals surface area contributed by atoms with Crippen LogP contribution in [0.5, 0.6) is 0 Å². The van der Waals surface area contributed by atoms with Gasteiger partial charge in [0.05, 0.1) is 0 Å². The first-order chi connectivity index (χ1) is 25.9. The van der Waals surface area contributed by atoms with Gasteiger partial charge in [-0.1, -0.05) is 0 Å². The van der Waals surface area contributed by atoms with Crippen molar-refractivity contribution >= 4 is 33.6 Å². The third kappa shape index (κ3) is 3.25. The van der Waals surface area contributed by atoms with Gasteiger partial charge in [0.1, 0.15) is 0 Å². The number of rotatable bonds is 5. The molecule has 1 heterocycles. The van der Waals surface area contributed by atoms with Crippen LogP contribution in [0.15, 0.2) is 60.2 Å². The summed E-state index contributed by atoms with van der Waals surface area (Å²) in [5, 5.41) is 1.47. The Morgan fingerprint density at radius 3 is 1.26 bits per heavy atom. The van der Waals surface area contributed by atoms with Crippen molar-refractivity contribution < 1.29 is 14.7 Å². The van der Waals surface area contributed by atoms with E-state index in [1.807, 2.05) is 0 Å². The number of nitrogens with zero attached hydrogens (tertiary/aromatic N) is 1. The van der Waals surface area contributed by atoms with E-state index in [1.54, 1.807) is 11.1 Å². The van der Waals surface area contributed by atoms with Gasteiger partial charge in [0.15, 0.2) is 0 Å². The number of allylic oxidation sites excluding steroid dienone is 2. The molecule has 2 aromatic carbocycles. The number of aromatic nitrogens is 1. The van der Waals surface area contributed by atoms with Crippen LogP contribution in [0.4, 0.5) is 0 Å². The number of hydrogen-bond acceptors (Lipinski definition) is 0. The van der Waals surface area contributed by atoms with Gasteiger partial charge in [0.25, 0.3) is 0 Å². The molecule has 54 heavy (non-hydrogen) atoms. The maximum absolute atomic E-state index is 10.8. The Morgan fingerprint density at radius 1 is 0.519 bits per heavy atom. The third-order valence-corrected chi connectivity index (χ3v) is 90.5.